The van der Waals surface area contributed by atoms with Gasteiger partial charge in [0.25, 0.3) is 0 Å². The third-order valence-electron chi connectivity index (χ3n) is 4.72. The topological polar surface area (TPSA) is 90.1 Å². The first-order valence-electron chi connectivity index (χ1n) is 9.06. The van der Waals surface area contributed by atoms with Crippen LogP contribution < -0.4 is 14.9 Å². The Morgan fingerprint density at radius 1 is 1.10 bits per heavy atom. The van der Waals surface area contributed by atoms with E-state index >= 15 is 0 Å². The molecule has 0 spiro atoms. The number of nitrogens with zero attached hydrogens (tertiary/aromatic N) is 2. The van der Waals surface area contributed by atoms with Crippen molar-refractivity contribution in [3.05, 3.63) is 77.9 Å². The molecule has 3 heterocycles. The number of hydrogen-bond donors (Lipinski definition) is 3. The van der Waals surface area contributed by atoms with E-state index in [9.17, 15) is 8.42 Å². The van der Waals surface area contributed by atoms with E-state index in [0.29, 0.717) is 10.8 Å². The summed E-state index contributed by atoms with van der Waals surface area (Å²) in [5, 5.41) is 3.98. The molecule has 1 saturated heterocycles. The van der Waals surface area contributed by atoms with Gasteiger partial charge in [0.2, 0.25) is 10.0 Å². The SMILES string of the molecule is Cc1ccc([C@H]2[C@@H](c3ccccn3)NC(=S)N2c2ccc(NS(C)(=O)=O)cc2)[nH]1. The molecular formula is C20H21N5O2S2. The van der Waals surface area contributed by atoms with Crippen molar-refractivity contribution < 1.29 is 8.42 Å². The Morgan fingerprint density at radius 2 is 1.86 bits per heavy atom. The fourth-order valence-electron chi connectivity index (χ4n) is 3.55. The van der Waals surface area contributed by atoms with Gasteiger partial charge in [-0.15, -0.1) is 0 Å². The monoisotopic (exact) mass is 427 g/mol. The zero-order valence-corrected chi connectivity index (χ0v) is 17.6. The maximum atomic E-state index is 11.5. The summed E-state index contributed by atoms with van der Waals surface area (Å²) in [5.74, 6) is 0. The molecule has 29 heavy (non-hydrogen) atoms. The molecule has 0 amide bonds. The van der Waals surface area contributed by atoms with Crippen molar-refractivity contribution in [2.75, 3.05) is 15.9 Å². The van der Waals surface area contributed by atoms with E-state index in [-0.39, 0.29) is 12.1 Å². The van der Waals surface area contributed by atoms with Gasteiger partial charge in [0.15, 0.2) is 5.11 Å². The van der Waals surface area contributed by atoms with Crippen molar-refractivity contribution in [2.24, 2.45) is 0 Å². The first-order chi connectivity index (χ1) is 13.8. The molecule has 0 unspecified atom stereocenters. The van der Waals surface area contributed by atoms with Gasteiger partial charge >= 0.3 is 0 Å². The molecule has 1 fully saturated rings. The Hall–Kier alpha value is -2.91. The lowest BCUT2D eigenvalue weighted by molar-refractivity contribution is 0.558. The second kappa shape index (κ2) is 7.49. The van der Waals surface area contributed by atoms with Crippen molar-refractivity contribution in [3.8, 4) is 0 Å². The van der Waals surface area contributed by atoms with Crippen LogP contribution in [0.15, 0.2) is 60.8 Å². The standard InChI is InChI=1S/C20H21N5O2S2/c1-13-6-11-17(22-13)19-18(16-5-3-4-12-21-16)23-20(28)25(19)15-9-7-14(8-10-15)24-29(2,26)27/h3-12,18-19,22,24H,1-2H3,(H,23,28)/t18-,19+/m1/s1. The molecule has 0 saturated carbocycles. The molecule has 2 aromatic heterocycles. The Kier molecular flexibility index (Phi) is 5.01. The van der Waals surface area contributed by atoms with Crippen LogP contribution in [0.25, 0.3) is 0 Å². The van der Waals surface area contributed by atoms with Crippen LogP contribution in [0.1, 0.15) is 29.2 Å². The van der Waals surface area contributed by atoms with Crippen LogP contribution in [0.4, 0.5) is 11.4 Å². The molecule has 4 rings (SSSR count). The van der Waals surface area contributed by atoms with Crippen LogP contribution in [0.3, 0.4) is 0 Å². The lowest BCUT2D eigenvalue weighted by atomic mass is 10.0. The normalized spacial score (nSPS) is 19.2. The fraction of sp³-hybridized carbons (Fsp3) is 0.200. The Morgan fingerprint density at radius 3 is 2.45 bits per heavy atom. The number of aromatic amines is 1. The van der Waals surface area contributed by atoms with Gasteiger partial charge in [-0.1, -0.05) is 6.07 Å². The van der Waals surface area contributed by atoms with E-state index in [1.54, 1.807) is 18.3 Å². The first kappa shape index (κ1) is 19.4. The summed E-state index contributed by atoms with van der Waals surface area (Å²) in [7, 11) is -3.33. The summed E-state index contributed by atoms with van der Waals surface area (Å²) in [4.78, 5) is 9.97. The summed E-state index contributed by atoms with van der Waals surface area (Å²) in [5.41, 5.74) is 4.33. The molecule has 7 nitrogen and oxygen atoms in total. The average molecular weight is 428 g/mol. The van der Waals surface area contributed by atoms with Crippen LogP contribution in [0.2, 0.25) is 0 Å². The minimum Gasteiger partial charge on any atom is -0.361 e. The average Bonchev–Trinajstić information content (AvgIpc) is 3.25. The number of aryl methyl sites for hydroxylation is 1. The van der Waals surface area contributed by atoms with Crippen molar-refractivity contribution in [2.45, 2.75) is 19.0 Å². The number of nitrogens with one attached hydrogen (secondary N) is 3. The highest BCUT2D eigenvalue weighted by molar-refractivity contribution is 7.92. The Balaban J connectivity index is 1.73. The van der Waals surface area contributed by atoms with Gasteiger partial charge in [0.1, 0.15) is 6.04 Å². The number of aromatic nitrogens is 2. The quantitative estimate of drug-likeness (QED) is 0.542. The summed E-state index contributed by atoms with van der Waals surface area (Å²) in [6.07, 6.45) is 2.90. The van der Waals surface area contributed by atoms with Crippen LogP contribution in [0, 0.1) is 6.92 Å². The van der Waals surface area contributed by atoms with Gasteiger partial charge in [0, 0.05) is 29.0 Å². The van der Waals surface area contributed by atoms with Crippen molar-refractivity contribution in [3.63, 3.8) is 0 Å². The number of pyridine rings is 1. The largest absolute Gasteiger partial charge is 0.361 e. The van der Waals surface area contributed by atoms with Gasteiger partial charge < -0.3 is 15.2 Å². The summed E-state index contributed by atoms with van der Waals surface area (Å²) in [6, 6.07) is 16.8. The fourth-order valence-corrected chi connectivity index (χ4v) is 4.46. The molecule has 3 aromatic rings. The number of anilines is 2. The highest BCUT2D eigenvalue weighted by Gasteiger charge is 2.41. The van der Waals surface area contributed by atoms with Gasteiger partial charge in [-0.05, 0) is 67.7 Å². The molecule has 0 aliphatic carbocycles. The molecule has 9 heteroatoms. The summed E-state index contributed by atoms with van der Waals surface area (Å²) < 4.78 is 25.4. The summed E-state index contributed by atoms with van der Waals surface area (Å²) in [6.45, 7) is 2.01. The number of sulfonamides is 1. The second-order valence-electron chi connectivity index (χ2n) is 7.01. The lowest BCUT2D eigenvalue weighted by Crippen LogP contribution is -2.29. The van der Waals surface area contributed by atoms with Gasteiger partial charge in [-0.25, -0.2) is 8.42 Å². The van der Waals surface area contributed by atoms with Crippen LogP contribution in [-0.2, 0) is 10.0 Å². The number of H-pyrrole nitrogens is 1. The van der Waals surface area contributed by atoms with Crippen molar-refractivity contribution in [1.82, 2.24) is 15.3 Å². The van der Waals surface area contributed by atoms with E-state index in [1.165, 1.54) is 0 Å². The molecule has 150 valence electrons. The highest BCUT2D eigenvalue weighted by Crippen LogP contribution is 2.41. The van der Waals surface area contributed by atoms with Gasteiger partial charge in [-0.3, -0.25) is 9.71 Å². The smallest absolute Gasteiger partial charge is 0.229 e. The maximum Gasteiger partial charge on any atom is 0.229 e. The van der Waals surface area contributed by atoms with Gasteiger partial charge in [0.05, 0.1) is 18.0 Å². The van der Waals surface area contributed by atoms with E-state index in [4.69, 9.17) is 12.2 Å². The van der Waals surface area contributed by atoms with Crippen LogP contribution in [-0.4, -0.2) is 29.8 Å². The highest BCUT2D eigenvalue weighted by atomic mass is 32.2. The van der Waals surface area contributed by atoms with Crippen molar-refractivity contribution >= 4 is 38.7 Å². The molecule has 3 N–H and O–H groups in total. The number of benzene rings is 1. The zero-order valence-electron chi connectivity index (χ0n) is 16.0. The van der Waals surface area contributed by atoms with E-state index in [1.807, 2.05) is 48.2 Å². The predicted octanol–water partition coefficient (Wildman–Crippen LogP) is 3.27. The van der Waals surface area contributed by atoms with Crippen LogP contribution in [0.5, 0.6) is 0 Å². The van der Waals surface area contributed by atoms with E-state index in [0.717, 1.165) is 29.0 Å². The van der Waals surface area contributed by atoms with Crippen LogP contribution >= 0.6 is 12.2 Å². The summed E-state index contributed by atoms with van der Waals surface area (Å²) >= 11 is 5.67. The second-order valence-corrected chi connectivity index (χ2v) is 9.15. The third kappa shape index (κ3) is 4.10. The molecule has 2 atom stereocenters. The van der Waals surface area contributed by atoms with E-state index < -0.39 is 10.0 Å². The molecular weight excluding hydrogens is 406 g/mol. The maximum absolute atomic E-state index is 11.5. The minimum atomic E-state index is -3.33. The Labute approximate surface area is 175 Å². The number of hydrogen-bond acceptors (Lipinski definition) is 4. The van der Waals surface area contributed by atoms with Gasteiger partial charge in [-0.2, -0.15) is 0 Å². The number of rotatable bonds is 5. The van der Waals surface area contributed by atoms with Crippen molar-refractivity contribution in [1.29, 1.82) is 0 Å². The zero-order chi connectivity index (χ0) is 20.6. The molecule has 0 bridgehead atoms. The van der Waals surface area contributed by atoms with E-state index in [2.05, 4.69) is 26.1 Å². The predicted molar refractivity (Wildman–Crippen MR) is 118 cm³/mol. The molecule has 1 aliphatic rings. The lowest BCUT2D eigenvalue weighted by Gasteiger charge is -2.27. The minimum absolute atomic E-state index is 0.125. The molecule has 0 radical (unpaired) electrons. The Bertz CT molecular complexity index is 1130. The number of thiocarbonyl (C=S) groups is 1. The molecule has 1 aliphatic heterocycles. The molecule has 1 aromatic carbocycles. The first-order valence-corrected chi connectivity index (χ1v) is 11.4. The third-order valence-corrected chi connectivity index (χ3v) is 5.64.